The van der Waals surface area contributed by atoms with Gasteiger partial charge in [-0.3, -0.25) is 0 Å². The van der Waals surface area contributed by atoms with Gasteiger partial charge in [0, 0.05) is 5.56 Å². The highest BCUT2D eigenvalue weighted by Gasteiger charge is 2.14. The van der Waals surface area contributed by atoms with E-state index in [-0.39, 0.29) is 5.41 Å². The zero-order chi connectivity index (χ0) is 13.9. The zero-order valence-electron chi connectivity index (χ0n) is 11.6. The maximum absolute atomic E-state index is 5.95. The highest BCUT2D eigenvalue weighted by Crippen LogP contribution is 2.30. The molecule has 0 saturated carbocycles. The van der Waals surface area contributed by atoms with Gasteiger partial charge < -0.3 is 4.74 Å². The first kappa shape index (κ1) is 14.0. The Morgan fingerprint density at radius 3 is 2.42 bits per heavy atom. The van der Waals surface area contributed by atoms with E-state index in [0.29, 0.717) is 5.88 Å². The van der Waals surface area contributed by atoms with Gasteiger partial charge in [0.15, 0.2) is 0 Å². The van der Waals surface area contributed by atoms with Crippen molar-refractivity contribution < 1.29 is 4.74 Å². The first-order chi connectivity index (χ1) is 9.00. The van der Waals surface area contributed by atoms with E-state index in [1.54, 1.807) is 0 Å². The van der Waals surface area contributed by atoms with Crippen molar-refractivity contribution in [1.29, 1.82) is 0 Å². The van der Waals surface area contributed by atoms with E-state index >= 15 is 0 Å². The molecule has 0 fully saturated rings. The van der Waals surface area contributed by atoms with Crippen LogP contribution < -0.4 is 4.74 Å². The molecule has 0 aromatic heterocycles. The first-order valence-electron chi connectivity index (χ1n) is 6.43. The van der Waals surface area contributed by atoms with Gasteiger partial charge in [0.05, 0.1) is 5.88 Å². The summed E-state index contributed by atoms with van der Waals surface area (Å²) in [6.45, 7) is 6.58. The summed E-state index contributed by atoms with van der Waals surface area (Å²) in [5.41, 5.74) is 2.38. The van der Waals surface area contributed by atoms with Gasteiger partial charge in [-0.1, -0.05) is 51.1 Å². The molecular weight excluding hydrogens is 256 g/mol. The third-order valence-electron chi connectivity index (χ3n) is 3.04. The van der Waals surface area contributed by atoms with Crippen LogP contribution in [0.1, 0.15) is 31.9 Å². The molecule has 19 heavy (non-hydrogen) atoms. The molecule has 0 aliphatic heterocycles. The van der Waals surface area contributed by atoms with Crippen molar-refractivity contribution >= 4 is 11.6 Å². The van der Waals surface area contributed by atoms with E-state index < -0.39 is 0 Å². The van der Waals surface area contributed by atoms with Gasteiger partial charge in [0.25, 0.3) is 0 Å². The fourth-order valence-electron chi connectivity index (χ4n) is 1.87. The molecular formula is C17H19ClO. The predicted molar refractivity (Wildman–Crippen MR) is 81.2 cm³/mol. The van der Waals surface area contributed by atoms with E-state index in [9.17, 15) is 0 Å². The van der Waals surface area contributed by atoms with Crippen LogP contribution in [0.2, 0.25) is 0 Å². The van der Waals surface area contributed by atoms with E-state index in [2.05, 4.69) is 32.9 Å². The molecule has 0 atom stereocenters. The summed E-state index contributed by atoms with van der Waals surface area (Å²) in [6.07, 6.45) is 0. The van der Waals surface area contributed by atoms with Gasteiger partial charge in [-0.15, -0.1) is 11.6 Å². The molecule has 2 rings (SSSR count). The van der Waals surface area contributed by atoms with E-state index in [4.69, 9.17) is 16.3 Å². The number of halogens is 1. The quantitative estimate of drug-likeness (QED) is 0.670. The third-order valence-corrected chi connectivity index (χ3v) is 3.33. The summed E-state index contributed by atoms with van der Waals surface area (Å²) < 4.78 is 5.95. The van der Waals surface area contributed by atoms with Crippen molar-refractivity contribution in [3.63, 3.8) is 0 Å². The Morgan fingerprint density at radius 1 is 1.00 bits per heavy atom. The molecule has 100 valence electrons. The number of rotatable bonds is 3. The standard InChI is InChI=1S/C17H19ClO/c1-17(2,3)14-8-6-9-15(11-14)19-16-10-5-4-7-13(16)12-18/h4-11H,12H2,1-3H3. The van der Waals surface area contributed by atoms with Crippen molar-refractivity contribution in [2.75, 3.05) is 0 Å². The minimum atomic E-state index is 0.116. The van der Waals surface area contributed by atoms with Gasteiger partial charge >= 0.3 is 0 Å². The number of ether oxygens (including phenoxy) is 1. The molecule has 0 unspecified atom stereocenters. The van der Waals surface area contributed by atoms with Crippen LogP contribution >= 0.6 is 11.6 Å². The van der Waals surface area contributed by atoms with Crippen LogP contribution in [0.25, 0.3) is 0 Å². The fourth-order valence-corrected chi connectivity index (χ4v) is 2.09. The zero-order valence-corrected chi connectivity index (χ0v) is 12.4. The molecule has 0 spiro atoms. The maximum Gasteiger partial charge on any atom is 0.131 e. The normalized spacial score (nSPS) is 11.4. The third kappa shape index (κ3) is 3.51. The Kier molecular flexibility index (Phi) is 4.16. The Morgan fingerprint density at radius 2 is 1.74 bits per heavy atom. The average molecular weight is 275 g/mol. The van der Waals surface area contributed by atoms with Gasteiger partial charge in [0.1, 0.15) is 11.5 Å². The van der Waals surface area contributed by atoms with Crippen molar-refractivity contribution in [2.24, 2.45) is 0 Å². The number of hydrogen-bond acceptors (Lipinski definition) is 1. The monoisotopic (exact) mass is 274 g/mol. The second-order valence-corrected chi connectivity index (χ2v) is 5.89. The summed E-state index contributed by atoms with van der Waals surface area (Å²) in [5, 5.41) is 0. The van der Waals surface area contributed by atoms with E-state index in [0.717, 1.165) is 17.1 Å². The summed E-state index contributed by atoms with van der Waals surface area (Å²) in [5.74, 6) is 2.13. The summed E-state index contributed by atoms with van der Waals surface area (Å²) in [7, 11) is 0. The highest BCUT2D eigenvalue weighted by atomic mass is 35.5. The molecule has 0 heterocycles. The SMILES string of the molecule is CC(C)(C)c1cccc(Oc2ccccc2CCl)c1. The fraction of sp³-hybridized carbons (Fsp3) is 0.294. The Balaban J connectivity index is 2.29. The molecule has 1 nitrogen and oxygen atoms in total. The predicted octanol–water partition coefficient (Wildman–Crippen LogP) is 5.52. The number of benzene rings is 2. The van der Waals surface area contributed by atoms with Crippen LogP contribution in [-0.4, -0.2) is 0 Å². The Bertz CT molecular complexity index is 555. The lowest BCUT2D eigenvalue weighted by Gasteiger charge is -2.20. The van der Waals surface area contributed by atoms with Gasteiger partial charge in [0.2, 0.25) is 0 Å². The van der Waals surface area contributed by atoms with E-state index in [1.165, 1.54) is 5.56 Å². The number of para-hydroxylation sites is 1. The molecule has 2 heteroatoms. The molecule has 0 bridgehead atoms. The van der Waals surface area contributed by atoms with E-state index in [1.807, 2.05) is 36.4 Å². The molecule has 0 radical (unpaired) electrons. The molecule has 0 amide bonds. The Hall–Kier alpha value is -1.47. The van der Waals surface area contributed by atoms with Crippen LogP contribution in [0.3, 0.4) is 0 Å². The lowest BCUT2D eigenvalue weighted by Crippen LogP contribution is -2.10. The van der Waals surface area contributed by atoms with Crippen molar-refractivity contribution in [3.8, 4) is 11.5 Å². The largest absolute Gasteiger partial charge is 0.457 e. The minimum Gasteiger partial charge on any atom is -0.457 e. The Labute approximate surface area is 120 Å². The number of alkyl halides is 1. The smallest absolute Gasteiger partial charge is 0.131 e. The molecule has 0 aliphatic carbocycles. The maximum atomic E-state index is 5.95. The molecule has 0 N–H and O–H groups in total. The van der Waals surface area contributed by atoms with Crippen LogP contribution in [0, 0.1) is 0 Å². The minimum absolute atomic E-state index is 0.116. The van der Waals surface area contributed by atoms with Gasteiger partial charge in [-0.25, -0.2) is 0 Å². The molecule has 2 aromatic carbocycles. The van der Waals surface area contributed by atoms with Crippen molar-refractivity contribution in [2.45, 2.75) is 32.1 Å². The van der Waals surface area contributed by atoms with Crippen LogP contribution in [0.4, 0.5) is 0 Å². The average Bonchev–Trinajstić information content (AvgIpc) is 2.39. The second-order valence-electron chi connectivity index (χ2n) is 5.62. The van der Waals surface area contributed by atoms with Gasteiger partial charge in [-0.05, 0) is 29.2 Å². The molecule has 0 saturated heterocycles. The van der Waals surface area contributed by atoms with Crippen LogP contribution in [0.5, 0.6) is 11.5 Å². The number of hydrogen-bond donors (Lipinski definition) is 0. The topological polar surface area (TPSA) is 9.23 Å². The summed E-state index contributed by atoms with van der Waals surface area (Å²) in [6, 6.07) is 16.1. The summed E-state index contributed by atoms with van der Waals surface area (Å²) >= 11 is 5.92. The lowest BCUT2D eigenvalue weighted by molar-refractivity contribution is 0.474. The van der Waals surface area contributed by atoms with Crippen LogP contribution in [0.15, 0.2) is 48.5 Å². The molecule has 0 aliphatic rings. The molecule has 2 aromatic rings. The lowest BCUT2D eigenvalue weighted by atomic mass is 9.87. The second kappa shape index (κ2) is 5.66. The van der Waals surface area contributed by atoms with Crippen molar-refractivity contribution in [3.05, 3.63) is 59.7 Å². The summed E-state index contributed by atoms with van der Waals surface area (Å²) in [4.78, 5) is 0. The van der Waals surface area contributed by atoms with Crippen LogP contribution in [-0.2, 0) is 11.3 Å². The van der Waals surface area contributed by atoms with Gasteiger partial charge in [-0.2, -0.15) is 0 Å². The first-order valence-corrected chi connectivity index (χ1v) is 6.96. The van der Waals surface area contributed by atoms with Crippen molar-refractivity contribution in [1.82, 2.24) is 0 Å². The highest BCUT2D eigenvalue weighted by molar-refractivity contribution is 6.17.